The van der Waals surface area contributed by atoms with Crippen LogP contribution in [-0.4, -0.2) is 46.0 Å². The van der Waals surface area contributed by atoms with Crippen LogP contribution in [0.2, 0.25) is 0 Å². The van der Waals surface area contributed by atoms with Crippen LogP contribution in [0.15, 0.2) is 47.3 Å². The summed E-state index contributed by atoms with van der Waals surface area (Å²) < 4.78 is 1.82. The van der Waals surface area contributed by atoms with Crippen molar-refractivity contribution in [2.75, 3.05) is 25.0 Å². The predicted octanol–water partition coefficient (Wildman–Crippen LogP) is 2.93. The average Bonchev–Trinajstić information content (AvgIpc) is 3.06. The van der Waals surface area contributed by atoms with E-state index in [2.05, 4.69) is 15.6 Å². The zero-order chi connectivity index (χ0) is 22.0. The number of aromatic nitrogens is 2. The van der Waals surface area contributed by atoms with Crippen LogP contribution < -0.4 is 16.3 Å². The maximum atomic E-state index is 12.4. The molecular formula is C23H27N5O3. The first-order chi connectivity index (χ1) is 14.9. The molecule has 0 aliphatic carbocycles. The standard InChI is InChI=1S/C23H27N5O3/c1-15-7-8-18(16(2)13-15)24-22(30)26-21(29)14-27-11-9-17(10-12-27)28-20-6-4-3-5-19(20)25-23(28)31/h3-8,13,17H,9-12,14H2,1-2H3,(H,25,31)(H2,24,26,29,30). The molecule has 0 saturated carbocycles. The number of amides is 3. The summed E-state index contributed by atoms with van der Waals surface area (Å²) in [5.74, 6) is -0.343. The fraction of sp³-hybridized carbons (Fsp3) is 0.348. The van der Waals surface area contributed by atoms with Gasteiger partial charge in [-0.25, -0.2) is 9.59 Å². The number of carbonyl (C=O) groups is 2. The average molecular weight is 422 g/mol. The molecule has 1 aromatic heterocycles. The minimum absolute atomic E-state index is 0.0933. The Bertz CT molecular complexity index is 1170. The van der Waals surface area contributed by atoms with E-state index in [1.54, 1.807) is 0 Å². The lowest BCUT2D eigenvalue weighted by atomic mass is 10.0. The van der Waals surface area contributed by atoms with Crippen molar-refractivity contribution >= 4 is 28.7 Å². The maximum absolute atomic E-state index is 12.4. The molecule has 0 atom stereocenters. The number of nitrogens with one attached hydrogen (secondary N) is 3. The number of anilines is 1. The number of rotatable bonds is 4. The first kappa shape index (κ1) is 20.9. The van der Waals surface area contributed by atoms with Gasteiger partial charge >= 0.3 is 11.7 Å². The number of fused-ring (bicyclic) bond motifs is 1. The monoisotopic (exact) mass is 421 g/mol. The topological polar surface area (TPSA) is 99.2 Å². The molecular weight excluding hydrogens is 394 g/mol. The molecule has 162 valence electrons. The second-order valence-electron chi connectivity index (χ2n) is 8.15. The summed E-state index contributed by atoms with van der Waals surface area (Å²) in [4.78, 5) is 41.8. The number of piperidine rings is 1. The van der Waals surface area contributed by atoms with Gasteiger partial charge in [0.2, 0.25) is 5.91 Å². The van der Waals surface area contributed by atoms with E-state index >= 15 is 0 Å². The van der Waals surface area contributed by atoms with Crippen molar-refractivity contribution in [3.8, 4) is 0 Å². The van der Waals surface area contributed by atoms with Crippen molar-refractivity contribution in [3.05, 3.63) is 64.1 Å². The van der Waals surface area contributed by atoms with Crippen molar-refractivity contribution < 1.29 is 9.59 Å². The van der Waals surface area contributed by atoms with Crippen molar-refractivity contribution in [2.45, 2.75) is 32.7 Å². The number of urea groups is 1. The normalized spacial score (nSPS) is 15.2. The molecule has 3 amide bonds. The first-order valence-corrected chi connectivity index (χ1v) is 10.5. The number of para-hydroxylation sites is 2. The van der Waals surface area contributed by atoms with E-state index in [-0.39, 0.29) is 24.2 Å². The van der Waals surface area contributed by atoms with E-state index in [0.717, 1.165) is 35.0 Å². The van der Waals surface area contributed by atoms with Gasteiger partial charge in [-0.2, -0.15) is 0 Å². The van der Waals surface area contributed by atoms with Crippen molar-refractivity contribution in [2.24, 2.45) is 0 Å². The molecule has 2 aromatic carbocycles. The molecule has 3 N–H and O–H groups in total. The highest BCUT2D eigenvalue weighted by molar-refractivity contribution is 6.02. The van der Waals surface area contributed by atoms with Crippen LogP contribution in [0.25, 0.3) is 11.0 Å². The minimum atomic E-state index is -0.530. The van der Waals surface area contributed by atoms with Crippen LogP contribution in [0.5, 0.6) is 0 Å². The van der Waals surface area contributed by atoms with Crippen molar-refractivity contribution in [3.63, 3.8) is 0 Å². The van der Waals surface area contributed by atoms with Gasteiger partial charge in [0.05, 0.1) is 17.6 Å². The van der Waals surface area contributed by atoms with Crippen LogP contribution in [0.4, 0.5) is 10.5 Å². The van der Waals surface area contributed by atoms with Crippen molar-refractivity contribution in [1.82, 2.24) is 19.8 Å². The third-order valence-electron chi connectivity index (χ3n) is 5.80. The summed E-state index contributed by atoms with van der Waals surface area (Å²) >= 11 is 0. The number of hydrogen-bond donors (Lipinski definition) is 3. The summed E-state index contributed by atoms with van der Waals surface area (Å²) in [5.41, 5.74) is 4.38. The molecule has 31 heavy (non-hydrogen) atoms. The van der Waals surface area contributed by atoms with Gasteiger partial charge in [-0.3, -0.25) is 19.6 Å². The number of benzene rings is 2. The Morgan fingerprint density at radius 3 is 2.58 bits per heavy atom. The quantitative estimate of drug-likeness (QED) is 0.603. The number of carbonyl (C=O) groups excluding carboxylic acids is 2. The Hall–Kier alpha value is -3.39. The fourth-order valence-corrected chi connectivity index (χ4v) is 4.25. The Kier molecular flexibility index (Phi) is 5.90. The maximum Gasteiger partial charge on any atom is 0.326 e. The summed E-state index contributed by atoms with van der Waals surface area (Å²) in [7, 11) is 0. The number of imide groups is 1. The lowest BCUT2D eigenvalue weighted by molar-refractivity contribution is -0.121. The van der Waals surface area contributed by atoms with E-state index in [0.29, 0.717) is 18.8 Å². The number of nitrogens with zero attached hydrogens (tertiary/aromatic N) is 2. The lowest BCUT2D eigenvalue weighted by Crippen LogP contribution is -2.45. The smallest absolute Gasteiger partial charge is 0.307 e. The van der Waals surface area contributed by atoms with Gasteiger partial charge in [0.1, 0.15) is 0 Å². The highest BCUT2D eigenvalue weighted by Gasteiger charge is 2.25. The van der Waals surface area contributed by atoms with Crippen LogP contribution in [-0.2, 0) is 4.79 Å². The van der Waals surface area contributed by atoms with Crippen molar-refractivity contribution in [1.29, 1.82) is 0 Å². The van der Waals surface area contributed by atoms with E-state index in [1.807, 2.05) is 65.8 Å². The predicted molar refractivity (Wildman–Crippen MR) is 120 cm³/mol. The molecule has 1 fully saturated rings. The Morgan fingerprint density at radius 2 is 1.84 bits per heavy atom. The molecule has 8 nitrogen and oxygen atoms in total. The van der Waals surface area contributed by atoms with Gasteiger partial charge < -0.3 is 10.3 Å². The molecule has 0 unspecified atom stereocenters. The number of hydrogen-bond acceptors (Lipinski definition) is 4. The Labute approximate surface area is 180 Å². The second kappa shape index (κ2) is 8.77. The fourth-order valence-electron chi connectivity index (χ4n) is 4.25. The third kappa shape index (κ3) is 4.69. The number of aryl methyl sites for hydroxylation is 2. The molecule has 1 aliphatic rings. The minimum Gasteiger partial charge on any atom is -0.307 e. The van der Waals surface area contributed by atoms with Gasteiger partial charge in [0.15, 0.2) is 0 Å². The van der Waals surface area contributed by atoms with Crippen LogP contribution in [0.3, 0.4) is 0 Å². The van der Waals surface area contributed by atoms with E-state index in [4.69, 9.17) is 0 Å². The molecule has 1 aliphatic heterocycles. The zero-order valence-corrected chi connectivity index (χ0v) is 17.8. The molecule has 2 heterocycles. The van der Waals surface area contributed by atoms with Gasteiger partial charge in [-0.15, -0.1) is 0 Å². The summed E-state index contributed by atoms with van der Waals surface area (Å²) in [5, 5.41) is 5.12. The second-order valence-corrected chi connectivity index (χ2v) is 8.15. The molecule has 4 rings (SSSR count). The Morgan fingerprint density at radius 1 is 1.10 bits per heavy atom. The largest absolute Gasteiger partial charge is 0.326 e. The van der Waals surface area contributed by atoms with Gasteiger partial charge in [0, 0.05) is 24.8 Å². The number of imidazole rings is 1. The number of likely N-dealkylation sites (tertiary alicyclic amines) is 1. The van der Waals surface area contributed by atoms with Crippen LogP contribution in [0, 0.1) is 13.8 Å². The van der Waals surface area contributed by atoms with Crippen LogP contribution >= 0.6 is 0 Å². The third-order valence-corrected chi connectivity index (χ3v) is 5.80. The lowest BCUT2D eigenvalue weighted by Gasteiger charge is -2.31. The van der Waals surface area contributed by atoms with E-state index < -0.39 is 6.03 Å². The molecule has 0 radical (unpaired) electrons. The Balaban J connectivity index is 1.29. The van der Waals surface area contributed by atoms with Gasteiger partial charge in [-0.1, -0.05) is 29.8 Å². The first-order valence-electron chi connectivity index (χ1n) is 10.5. The highest BCUT2D eigenvalue weighted by Crippen LogP contribution is 2.24. The number of aromatic amines is 1. The molecule has 8 heteroatoms. The molecule has 0 spiro atoms. The van der Waals surface area contributed by atoms with E-state index in [9.17, 15) is 14.4 Å². The highest BCUT2D eigenvalue weighted by atomic mass is 16.2. The SMILES string of the molecule is Cc1ccc(NC(=O)NC(=O)CN2CCC(n3c(=O)[nH]c4ccccc43)CC2)c(C)c1. The molecule has 3 aromatic rings. The van der Waals surface area contributed by atoms with Gasteiger partial charge in [0.25, 0.3) is 0 Å². The molecule has 0 bridgehead atoms. The number of H-pyrrole nitrogens is 1. The van der Waals surface area contributed by atoms with Gasteiger partial charge in [-0.05, 0) is 50.5 Å². The van der Waals surface area contributed by atoms with E-state index in [1.165, 1.54) is 0 Å². The zero-order valence-electron chi connectivity index (χ0n) is 17.8. The summed E-state index contributed by atoms with van der Waals surface area (Å²) in [6, 6.07) is 12.9. The summed E-state index contributed by atoms with van der Waals surface area (Å²) in [6.07, 6.45) is 1.54. The summed E-state index contributed by atoms with van der Waals surface area (Å²) in [6.45, 7) is 5.41. The van der Waals surface area contributed by atoms with Crippen LogP contribution in [0.1, 0.15) is 30.0 Å². The molecule has 1 saturated heterocycles.